The van der Waals surface area contributed by atoms with Crippen LogP contribution in [0.1, 0.15) is 25.7 Å². The molecule has 72 valence electrons. The lowest BCUT2D eigenvalue weighted by atomic mass is 10.1. The Morgan fingerprint density at radius 3 is 3.00 bits per heavy atom. The minimum Gasteiger partial charge on any atom is -0.467 e. The fraction of sp³-hybridized carbons (Fsp3) is 0.600. The van der Waals surface area contributed by atoms with Crippen molar-refractivity contribution in [2.75, 3.05) is 6.54 Å². The largest absolute Gasteiger partial charge is 0.467 e. The van der Waals surface area contributed by atoms with Gasteiger partial charge in [-0.2, -0.15) is 0 Å². The van der Waals surface area contributed by atoms with Crippen LogP contribution < -0.4 is 5.32 Å². The van der Waals surface area contributed by atoms with Gasteiger partial charge < -0.3 is 14.5 Å². The lowest BCUT2D eigenvalue weighted by molar-refractivity contribution is -0.0618. The Bertz CT molecular complexity index is 258. The summed E-state index contributed by atoms with van der Waals surface area (Å²) in [6.45, 7) is 5.09. The van der Waals surface area contributed by atoms with Crippen molar-refractivity contribution in [1.29, 1.82) is 0 Å². The van der Waals surface area contributed by atoms with Crippen molar-refractivity contribution in [3.8, 4) is 0 Å². The van der Waals surface area contributed by atoms with Crippen LogP contribution in [0, 0.1) is 0 Å². The van der Waals surface area contributed by atoms with E-state index in [0.717, 1.165) is 12.3 Å². The Labute approximate surface area is 78.1 Å². The monoisotopic (exact) mass is 181 g/mol. The van der Waals surface area contributed by atoms with Gasteiger partial charge in [0.2, 0.25) is 0 Å². The third-order valence-electron chi connectivity index (χ3n) is 2.38. The summed E-state index contributed by atoms with van der Waals surface area (Å²) < 4.78 is 11.1. The summed E-state index contributed by atoms with van der Waals surface area (Å²) in [5.41, 5.74) is 0. The summed E-state index contributed by atoms with van der Waals surface area (Å²) in [7, 11) is 0. The number of hydrogen-bond donors (Lipinski definition) is 1. The maximum absolute atomic E-state index is 5.79. The highest BCUT2D eigenvalue weighted by Crippen LogP contribution is 2.25. The van der Waals surface area contributed by atoms with Gasteiger partial charge in [-0.15, -0.1) is 0 Å². The van der Waals surface area contributed by atoms with E-state index in [1.165, 1.54) is 0 Å². The highest BCUT2D eigenvalue weighted by molar-refractivity contribution is 5.06. The zero-order chi connectivity index (χ0) is 9.26. The van der Waals surface area contributed by atoms with E-state index in [0.29, 0.717) is 6.04 Å². The number of nitrogens with one attached hydrogen (secondary N) is 1. The van der Waals surface area contributed by atoms with E-state index in [4.69, 9.17) is 9.15 Å². The van der Waals surface area contributed by atoms with Crippen molar-refractivity contribution >= 4 is 0 Å². The number of morpholine rings is 1. The highest BCUT2D eigenvalue weighted by Gasteiger charge is 2.28. The second-order valence-corrected chi connectivity index (χ2v) is 3.58. The summed E-state index contributed by atoms with van der Waals surface area (Å²) in [4.78, 5) is 0. The molecule has 0 spiro atoms. The molecule has 3 nitrogen and oxygen atoms in total. The first-order valence-corrected chi connectivity index (χ1v) is 4.69. The quantitative estimate of drug-likeness (QED) is 0.716. The standard InChI is InChI=1S/C10H15NO2/c1-7-6-11-8(2)10(13-7)9-4-3-5-12-9/h3-5,7-8,10-11H,6H2,1-2H3. The van der Waals surface area contributed by atoms with E-state index in [2.05, 4.69) is 19.2 Å². The van der Waals surface area contributed by atoms with Gasteiger partial charge in [-0.05, 0) is 26.0 Å². The number of furan rings is 1. The summed E-state index contributed by atoms with van der Waals surface area (Å²) >= 11 is 0. The number of hydrogen-bond acceptors (Lipinski definition) is 3. The topological polar surface area (TPSA) is 34.4 Å². The Balaban J connectivity index is 2.12. The third-order valence-corrected chi connectivity index (χ3v) is 2.38. The summed E-state index contributed by atoms with van der Waals surface area (Å²) in [5, 5.41) is 3.39. The van der Waals surface area contributed by atoms with Crippen molar-refractivity contribution < 1.29 is 9.15 Å². The van der Waals surface area contributed by atoms with E-state index in [1.54, 1.807) is 6.26 Å². The van der Waals surface area contributed by atoms with Crippen molar-refractivity contribution in [3.63, 3.8) is 0 Å². The van der Waals surface area contributed by atoms with E-state index in [-0.39, 0.29) is 12.2 Å². The van der Waals surface area contributed by atoms with Gasteiger partial charge in [-0.3, -0.25) is 0 Å². The molecule has 1 N–H and O–H groups in total. The van der Waals surface area contributed by atoms with E-state index in [9.17, 15) is 0 Å². The highest BCUT2D eigenvalue weighted by atomic mass is 16.5. The van der Waals surface area contributed by atoms with Gasteiger partial charge in [-0.1, -0.05) is 0 Å². The van der Waals surface area contributed by atoms with Crippen LogP contribution in [-0.2, 0) is 4.74 Å². The fourth-order valence-corrected chi connectivity index (χ4v) is 1.64. The van der Waals surface area contributed by atoms with Gasteiger partial charge in [0.1, 0.15) is 11.9 Å². The smallest absolute Gasteiger partial charge is 0.134 e. The molecular weight excluding hydrogens is 166 g/mol. The van der Waals surface area contributed by atoms with Gasteiger partial charge in [0.05, 0.1) is 12.4 Å². The number of ether oxygens (including phenoxy) is 1. The molecule has 1 saturated heterocycles. The molecule has 0 bridgehead atoms. The Hall–Kier alpha value is -0.800. The minimum absolute atomic E-state index is 0.0544. The predicted octanol–water partition coefficient (Wildman–Crippen LogP) is 1.72. The maximum Gasteiger partial charge on any atom is 0.134 e. The molecule has 0 saturated carbocycles. The molecule has 0 aromatic carbocycles. The lowest BCUT2D eigenvalue weighted by Crippen LogP contribution is -2.45. The molecule has 3 heteroatoms. The van der Waals surface area contributed by atoms with Crippen molar-refractivity contribution in [1.82, 2.24) is 5.32 Å². The Kier molecular flexibility index (Phi) is 2.38. The Morgan fingerprint density at radius 2 is 2.31 bits per heavy atom. The molecule has 3 atom stereocenters. The van der Waals surface area contributed by atoms with Gasteiger partial charge in [-0.25, -0.2) is 0 Å². The average Bonchev–Trinajstić information content (AvgIpc) is 2.61. The van der Waals surface area contributed by atoms with Gasteiger partial charge >= 0.3 is 0 Å². The third kappa shape index (κ3) is 1.76. The normalized spacial score (nSPS) is 34.8. The second kappa shape index (κ2) is 3.52. The van der Waals surface area contributed by atoms with Crippen LogP contribution in [0.5, 0.6) is 0 Å². The first kappa shape index (κ1) is 8.78. The van der Waals surface area contributed by atoms with Crippen LogP contribution in [0.25, 0.3) is 0 Å². The van der Waals surface area contributed by atoms with E-state index < -0.39 is 0 Å². The zero-order valence-corrected chi connectivity index (χ0v) is 7.99. The molecule has 1 aliphatic rings. The van der Waals surface area contributed by atoms with Gasteiger partial charge in [0.15, 0.2) is 0 Å². The van der Waals surface area contributed by atoms with Crippen LogP contribution >= 0.6 is 0 Å². The van der Waals surface area contributed by atoms with Crippen LogP contribution in [0.2, 0.25) is 0 Å². The van der Waals surface area contributed by atoms with E-state index >= 15 is 0 Å². The molecule has 1 aromatic rings. The molecule has 2 rings (SSSR count). The lowest BCUT2D eigenvalue weighted by Gasteiger charge is -2.33. The first-order chi connectivity index (χ1) is 6.27. The number of rotatable bonds is 1. The maximum atomic E-state index is 5.79. The van der Waals surface area contributed by atoms with Crippen LogP contribution in [0.3, 0.4) is 0 Å². The van der Waals surface area contributed by atoms with Crippen LogP contribution in [0.15, 0.2) is 22.8 Å². The summed E-state index contributed by atoms with van der Waals surface area (Å²) in [5.74, 6) is 0.909. The molecule has 1 aliphatic heterocycles. The van der Waals surface area contributed by atoms with Crippen LogP contribution in [0.4, 0.5) is 0 Å². The molecule has 2 heterocycles. The summed E-state index contributed by atoms with van der Waals surface area (Å²) in [6, 6.07) is 4.17. The van der Waals surface area contributed by atoms with Crippen molar-refractivity contribution in [3.05, 3.63) is 24.2 Å². The second-order valence-electron chi connectivity index (χ2n) is 3.58. The molecule has 0 amide bonds. The van der Waals surface area contributed by atoms with Gasteiger partial charge in [0.25, 0.3) is 0 Å². The zero-order valence-electron chi connectivity index (χ0n) is 7.99. The average molecular weight is 181 g/mol. The van der Waals surface area contributed by atoms with E-state index in [1.807, 2.05) is 12.1 Å². The molecule has 3 unspecified atom stereocenters. The summed E-state index contributed by atoms with van der Waals surface area (Å²) in [6.07, 6.45) is 2.00. The SMILES string of the molecule is CC1CNC(C)C(c2ccco2)O1. The molecule has 13 heavy (non-hydrogen) atoms. The molecule has 0 radical (unpaired) electrons. The van der Waals surface area contributed by atoms with Gasteiger partial charge in [0, 0.05) is 12.6 Å². The first-order valence-electron chi connectivity index (χ1n) is 4.69. The van der Waals surface area contributed by atoms with Crippen molar-refractivity contribution in [2.45, 2.75) is 32.1 Å². The molecule has 1 aromatic heterocycles. The predicted molar refractivity (Wildman–Crippen MR) is 49.5 cm³/mol. The molecule has 0 aliphatic carbocycles. The molecular formula is C10H15NO2. The molecule has 1 fully saturated rings. The fourth-order valence-electron chi connectivity index (χ4n) is 1.64. The van der Waals surface area contributed by atoms with Crippen LogP contribution in [-0.4, -0.2) is 18.7 Å². The minimum atomic E-state index is 0.0544. The van der Waals surface area contributed by atoms with Crippen molar-refractivity contribution in [2.24, 2.45) is 0 Å². The Morgan fingerprint density at radius 1 is 1.46 bits per heavy atom.